The van der Waals surface area contributed by atoms with Crippen molar-refractivity contribution in [2.45, 2.75) is 49.2 Å². The minimum absolute atomic E-state index is 0.0621. The average molecular weight is 457 g/mol. The highest BCUT2D eigenvalue weighted by Gasteiger charge is 2.23. The van der Waals surface area contributed by atoms with Gasteiger partial charge < -0.3 is 5.32 Å². The largest absolute Gasteiger partial charge is 0.326 e. The number of carbonyl (C=O) groups is 2. The number of aromatic nitrogens is 1. The molecule has 4 nitrogen and oxygen atoms in total. The van der Waals surface area contributed by atoms with Gasteiger partial charge in [-0.25, -0.2) is 0 Å². The molecule has 0 bridgehead atoms. The lowest BCUT2D eigenvalue weighted by Crippen LogP contribution is -2.24. The minimum atomic E-state index is -0.258. The number of nitrogens with one attached hydrogen (secondary N) is 1. The molecule has 1 heterocycles. The Kier molecular flexibility index (Phi) is 6.23. The summed E-state index contributed by atoms with van der Waals surface area (Å²) in [6.07, 6.45) is 5.50. The first-order valence-corrected chi connectivity index (χ1v) is 12.6. The van der Waals surface area contributed by atoms with Gasteiger partial charge in [0.25, 0.3) is 0 Å². The van der Waals surface area contributed by atoms with Crippen LogP contribution < -0.4 is 5.32 Å². The maximum absolute atomic E-state index is 13.5. The predicted octanol–water partition coefficient (Wildman–Crippen LogP) is 7.13. The number of rotatable bonds is 5. The lowest BCUT2D eigenvalue weighted by molar-refractivity contribution is -0.120. The Hall–Kier alpha value is -3.05. The second-order valence-corrected chi connectivity index (χ2v) is 10.2. The monoisotopic (exact) mass is 456 g/mol. The fourth-order valence-corrected chi connectivity index (χ4v) is 5.73. The summed E-state index contributed by atoms with van der Waals surface area (Å²) in [5.41, 5.74) is 2.70. The molecular weight excluding hydrogens is 428 g/mol. The zero-order valence-electron chi connectivity index (χ0n) is 18.8. The van der Waals surface area contributed by atoms with Gasteiger partial charge in [-0.2, -0.15) is 0 Å². The lowest BCUT2D eigenvalue weighted by Gasteiger charge is -2.20. The molecule has 5 rings (SSSR count). The SMILES string of the molecule is CC(Sc1ccc(NC(=O)C2CCCCC2)cc1)C(=O)n1c2ccccc2c2ccccc21. The standard InChI is InChI=1S/C28H28N2O2S/c1-19(28(32)30-25-13-7-5-11-23(25)24-12-6-8-14-26(24)30)33-22-17-15-21(16-18-22)29-27(31)20-9-3-2-4-10-20/h5-8,11-20H,2-4,9-10H2,1H3,(H,29,31). The van der Waals surface area contributed by atoms with Crippen LogP contribution in [-0.4, -0.2) is 21.6 Å². The summed E-state index contributed by atoms with van der Waals surface area (Å²) in [5.74, 6) is 0.328. The van der Waals surface area contributed by atoms with Crippen LogP contribution in [0.4, 0.5) is 5.69 Å². The number of hydrogen-bond acceptors (Lipinski definition) is 3. The quantitative estimate of drug-likeness (QED) is 0.325. The molecule has 1 amide bonds. The zero-order chi connectivity index (χ0) is 22.8. The van der Waals surface area contributed by atoms with Crippen LogP contribution in [0.5, 0.6) is 0 Å². The molecule has 1 saturated carbocycles. The number of para-hydroxylation sites is 2. The Labute approximate surface area is 198 Å². The van der Waals surface area contributed by atoms with E-state index in [-0.39, 0.29) is 23.0 Å². The van der Waals surface area contributed by atoms with Crippen molar-refractivity contribution in [1.82, 2.24) is 4.57 Å². The van der Waals surface area contributed by atoms with E-state index < -0.39 is 0 Å². The number of benzene rings is 3. The number of hydrogen-bond donors (Lipinski definition) is 1. The fraction of sp³-hybridized carbons (Fsp3) is 0.286. The molecule has 1 aliphatic rings. The molecule has 1 fully saturated rings. The Morgan fingerprint density at radius 1 is 0.848 bits per heavy atom. The number of nitrogens with zero attached hydrogens (tertiary/aromatic N) is 1. The van der Waals surface area contributed by atoms with Crippen LogP contribution in [0.3, 0.4) is 0 Å². The summed E-state index contributed by atoms with van der Waals surface area (Å²) in [6.45, 7) is 1.95. The van der Waals surface area contributed by atoms with Crippen molar-refractivity contribution < 1.29 is 9.59 Å². The molecule has 0 radical (unpaired) electrons. The van der Waals surface area contributed by atoms with E-state index in [4.69, 9.17) is 0 Å². The van der Waals surface area contributed by atoms with Gasteiger partial charge in [0, 0.05) is 27.3 Å². The first-order chi connectivity index (χ1) is 16.1. The molecule has 1 aromatic heterocycles. The third kappa shape index (κ3) is 4.42. The van der Waals surface area contributed by atoms with Crippen LogP contribution in [0.15, 0.2) is 77.7 Å². The topological polar surface area (TPSA) is 51.1 Å². The third-order valence-corrected chi connectivity index (χ3v) is 7.66. The second-order valence-electron chi connectivity index (χ2n) is 8.82. The van der Waals surface area contributed by atoms with Gasteiger partial charge in [0.1, 0.15) is 0 Å². The van der Waals surface area contributed by atoms with Crippen molar-refractivity contribution in [3.05, 3.63) is 72.8 Å². The van der Waals surface area contributed by atoms with Gasteiger partial charge in [0.2, 0.25) is 11.8 Å². The average Bonchev–Trinajstić information content (AvgIpc) is 3.19. The predicted molar refractivity (Wildman–Crippen MR) is 137 cm³/mol. The summed E-state index contributed by atoms with van der Waals surface area (Å²) in [6, 6.07) is 24.0. The van der Waals surface area contributed by atoms with E-state index in [1.54, 1.807) is 0 Å². The van der Waals surface area contributed by atoms with E-state index in [9.17, 15) is 9.59 Å². The van der Waals surface area contributed by atoms with E-state index in [0.717, 1.165) is 58.1 Å². The third-order valence-electron chi connectivity index (χ3n) is 6.56. The van der Waals surface area contributed by atoms with E-state index in [1.807, 2.05) is 72.2 Å². The summed E-state index contributed by atoms with van der Waals surface area (Å²) >= 11 is 1.54. The highest BCUT2D eigenvalue weighted by Crippen LogP contribution is 2.32. The summed E-state index contributed by atoms with van der Waals surface area (Å²) in [7, 11) is 0. The van der Waals surface area contributed by atoms with Crippen molar-refractivity contribution in [3.63, 3.8) is 0 Å². The van der Waals surface area contributed by atoms with Crippen LogP contribution in [0.25, 0.3) is 21.8 Å². The molecule has 1 atom stereocenters. The molecular formula is C28H28N2O2S. The van der Waals surface area contributed by atoms with Gasteiger partial charge in [-0.3, -0.25) is 14.2 Å². The van der Waals surface area contributed by atoms with Gasteiger partial charge in [-0.15, -0.1) is 11.8 Å². The van der Waals surface area contributed by atoms with E-state index >= 15 is 0 Å². The first-order valence-electron chi connectivity index (χ1n) is 11.7. The maximum Gasteiger partial charge on any atom is 0.244 e. The minimum Gasteiger partial charge on any atom is -0.326 e. The van der Waals surface area contributed by atoms with E-state index in [1.165, 1.54) is 18.2 Å². The number of anilines is 1. The highest BCUT2D eigenvalue weighted by atomic mass is 32.2. The molecule has 1 N–H and O–H groups in total. The van der Waals surface area contributed by atoms with Crippen molar-refractivity contribution >= 4 is 51.1 Å². The summed E-state index contributed by atoms with van der Waals surface area (Å²) in [5, 5.41) is 4.99. The van der Waals surface area contributed by atoms with Crippen LogP contribution in [0, 0.1) is 5.92 Å². The molecule has 4 aromatic rings. The van der Waals surface area contributed by atoms with Crippen molar-refractivity contribution in [2.75, 3.05) is 5.32 Å². The van der Waals surface area contributed by atoms with Crippen molar-refractivity contribution in [2.24, 2.45) is 5.92 Å². The molecule has 0 saturated heterocycles. The molecule has 1 aliphatic carbocycles. The van der Waals surface area contributed by atoms with Crippen LogP contribution in [0.1, 0.15) is 43.8 Å². The number of fused-ring (bicyclic) bond motifs is 3. The van der Waals surface area contributed by atoms with Gasteiger partial charge in [0.05, 0.1) is 16.3 Å². The Bertz CT molecular complexity index is 1250. The molecule has 33 heavy (non-hydrogen) atoms. The van der Waals surface area contributed by atoms with Crippen LogP contribution in [-0.2, 0) is 4.79 Å². The molecule has 5 heteroatoms. The molecule has 3 aromatic carbocycles. The highest BCUT2D eigenvalue weighted by molar-refractivity contribution is 8.00. The zero-order valence-corrected chi connectivity index (χ0v) is 19.6. The van der Waals surface area contributed by atoms with E-state index in [0.29, 0.717) is 0 Å². The van der Waals surface area contributed by atoms with Crippen molar-refractivity contribution in [3.8, 4) is 0 Å². The van der Waals surface area contributed by atoms with Gasteiger partial charge >= 0.3 is 0 Å². The van der Waals surface area contributed by atoms with Gasteiger partial charge in [-0.1, -0.05) is 55.7 Å². The van der Waals surface area contributed by atoms with Gasteiger partial charge in [-0.05, 0) is 56.2 Å². The smallest absolute Gasteiger partial charge is 0.244 e. The summed E-state index contributed by atoms with van der Waals surface area (Å²) in [4.78, 5) is 27.0. The first kappa shape index (κ1) is 21.8. The summed E-state index contributed by atoms with van der Waals surface area (Å²) < 4.78 is 1.85. The molecule has 168 valence electrons. The molecule has 1 unspecified atom stereocenters. The van der Waals surface area contributed by atoms with E-state index in [2.05, 4.69) is 17.4 Å². The molecule has 0 aliphatic heterocycles. The number of thioether (sulfide) groups is 1. The Morgan fingerprint density at radius 2 is 1.42 bits per heavy atom. The van der Waals surface area contributed by atoms with Crippen molar-refractivity contribution in [1.29, 1.82) is 0 Å². The molecule has 0 spiro atoms. The second kappa shape index (κ2) is 9.44. The fourth-order valence-electron chi connectivity index (χ4n) is 4.82. The number of carbonyl (C=O) groups excluding carboxylic acids is 2. The Morgan fingerprint density at radius 3 is 2.03 bits per heavy atom. The van der Waals surface area contributed by atoms with Gasteiger partial charge in [0.15, 0.2) is 0 Å². The lowest BCUT2D eigenvalue weighted by atomic mass is 9.88. The number of amides is 1. The van der Waals surface area contributed by atoms with Crippen LogP contribution in [0.2, 0.25) is 0 Å². The Balaban J connectivity index is 1.31. The van der Waals surface area contributed by atoms with Crippen LogP contribution >= 0.6 is 11.8 Å². The maximum atomic E-state index is 13.5. The normalized spacial score (nSPS) is 15.5.